The van der Waals surface area contributed by atoms with Gasteiger partial charge in [0.15, 0.2) is 0 Å². The van der Waals surface area contributed by atoms with E-state index in [9.17, 15) is 4.79 Å². The second kappa shape index (κ2) is 8.21. The third kappa shape index (κ3) is 3.83. The van der Waals surface area contributed by atoms with Gasteiger partial charge >= 0.3 is 0 Å². The van der Waals surface area contributed by atoms with Crippen LogP contribution in [0.15, 0.2) is 60.8 Å². The highest BCUT2D eigenvalue weighted by atomic mass is 16.5. The summed E-state index contributed by atoms with van der Waals surface area (Å²) in [5.41, 5.74) is 1.93. The number of nitrogens with zero attached hydrogens (tertiary/aromatic N) is 1. The number of ether oxygens (including phenoxy) is 2. The number of hydrogen-bond acceptors (Lipinski definition) is 4. The molecule has 4 rings (SSSR count). The summed E-state index contributed by atoms with van der Waals surface area (Å²) in [6.07, 6.45) is 3.11. The smallest absolute Gasteiger partial charge is 0.235 e. The molecule has 1 saturated heterocycles. The lowest BCUT2D eigenvalue weighted by molar-refractivity contribution is -0.125. The fraction of sp³-hybridized carbons (Fsp3) is 0.333. The molecule has 0 radical (unpaired) electrons. The summed E-state index contributed by atoms with van der Waals surface area (Å²) >= 11 is 0. The van der Waals surface area contributed by atoms with Crippen molar-refractivity contribution >= 4 is 22.5 Å². The topological polar surface area (TPSA) is 60.5 Å². The van der Waals surface area contributed by atoms with Gasteiger partial charge in [0.1, 0.15) is 11.3 Å². The van der Waals surface area contributed by atoms with E-state index < -0.39 is 5.41 Å². The van der Waals surface area contributed by atoms with Gasteiger partial charge in [0.25, 0.3) is 0 Å². The van der Waals surface area contributed by atoms with Crippen molar-refractivity contribution in [3.05, 3.63) is 66.4 Å². The summed E-state index contributed by atoms with van der Waals surface area (Å²) in [5, 5.41) is 4.05. The molecule has 0 atom stereocenters. The van der Waals surface area contributed by atoms with E-state index >= 15 is 0 Å². The Morgan fingerprint density at radius 2 is 1.83 bits per heavy atom. The number of amides is 1. The summed E-state index contributed by atoms with van der Waals surface area (Å²) in [4.78, 5) is 18.1. The Labute approximate surface area is 171 Å². The highest BCUT2D eigenvalue weighted by Gasteiger charge is 2.41. The molecule has 3 aromatic rings. The molecular formula is C24H26N2O3. The van der Waals surface area contributed by atoms with Gasteiger partial charge in [-0.25, -0.2) is 0 Å². The molecule has 0 spiro atoms. The summed E-state index contributed by atoms with van der Waals surface area (Å²) in [5.74, 6) is 0.715. The quantitative estimate of drug-likeness (QED) is 0.685. The van der Waals surface area contributed by atoms with E-state index in [-0.39, 0.29) is 12.0 Å². The number of fused-ring (bicyclic) bond motifs is 1. The zero-order valence-corrected chi connectivity index (χ0v) is 16.9. The van der Waals surface area contributed by atoms with Crippen LogP contribution < -0.4 is 10.1 Å². The number of benzene rings is 2. The maximum absolute atomic E-state index is 13.6. The number of aromatic nitrogens is 1. The van der Waals surface area contributed by atoms with E-state index in [4.69, 9.17) is 9.47 Å². The summed E-state index contributed by atoms with van der Waals surface area (Å²) < 4.78 is 11.5. The first-order valence-corrected chi connectivity index (χ1v) is 10.1. The third-order valence-electron chi connectivity index (χ3n) is 5.45. The predicted molar refractivity (Wildman–Crippen MR) is 114 cm³/mol. The monoisotopic (exact) mass is 390 g/mol. The summed E-state index contributed by atoms with van der Waals surface area (Å²) in [6, 6.07) is 17.6. The van der Waals surface area contributed by atoms with Crippen molar-refractivity contribution in [3.63, 3.8) is 0 Å². The Morgan fingerprint density at radius 1 is 1.07 bits per heavy atom. The Balaban J connectivity index is 1.71. The van der Waals surface area contributed by atoms with Crippen molar-refractivity contribution < 1.29 is 14.3 Å². The highest BCUT2D eigenvalue weighted by Crippen LogP contribution is 2.37. The molecule has 1 N–H and O–H groups in total. The zero-order chi connectivity index (χ0) is 20.3. The van der Waals surface area contributed by atoms with Crippen LogP contribution in [0.25, 0.3) is 10.9 Å². The molecule has 1 aliphatic heterocycles. The molecule has 5 nitrogen and oxygen atoms in total. The standard InChI is InChI=1S/C24H26N2O3/c1-17(2)29-21-11-10-20(19-9-6-14-25-22(19)21)26-23(27)24(12-15-28-16-13-24)18-7-4-3-5-8-18/h3-11,14,17H,12-13,15-16H2,1-2H3,(H,26,27). The van der Waals surface area contributed by atoms with Crippen molar-refractivity contribution in [3.8, 4) is 5.75 Å². The number of pyridine rings is 1. The van der Waals surface area contributed by atoms with Crippen LogP contribution in [0.1, 0.15) is 32.3 Å². The second-order valence-corrected chi connectivity index (χ2v) is 7.69. The molecule has 1 aromatic heterocycles. The Hall–Kier alpha value is -2.92. The minimum atomic E-state index is -0.596. The van der Waals surface area contributed by atoms with Crippen molar-refractivity contribution in [2.75, 3.05) is 18.5 Å². The minimum absolute atomic E-state index is 0.00492. The van der Waals surface area contributed by atoms with Crippen LogP contribution in [0.4, 0.5) is 5.69 Å². The van der Waals surface area contributed by atoms with Crippen molar-refractivity contribution in [2.24, 2.45) is 0 Å². The van der Waals surface area contributed by atoms with Gasteiger partial charge < -0.3 is 14.8 Å². The molecule has 1 fully saturated rings. The van der Waals surface area contributed by atoms with Gasteiger partial charge in [-0.3, -0.25) is 9.78 Å². The molecule has 2 aromatic carbocycles. The van der Waals surface area contributed by atoms with Gasteiger partial charge in [-0.2, -0.15) is 0 Å². The Bertz CT molecular complexity index is 995. The normalized spacial score (nSPS) is 16.0. The number of carbonyl (C=O) groups excluding carboxylic acids is 1. The first-order chi connectivity index (χ1) is 14.1. The number of rotatable bonds is 5. The lowest BCUT2D eigenvalue weighted by Crippen LogP contribution is -2.44. The maximum atomic E-state index is 13.6. The van der Waals surface area contributed by atoms with Crippen LogP contribution in [0.2, 0.25) is 0 Å². The first kappa shape index (κ1) is 19.4. The van der Waals surface area contributed by atoms with E-state index in [1.165, 1.54) is 0 Å². The van der Waals surface area contributed by atoms with Gasteiger partial charge in [-0.1, -0.05) is 30.3 Å². The van der Waals surface area contributed by atoms with Crippen LogP contribution in [0, 0.1) is 0 Å². The molecular weight excluding hydrogens is 364 g/mol. The second-order valence-electron chi connectivity index (χ2n) is 7.69. The maximum Gasteiger partial charge on any atom is 0.235 e. The van der Waals surface area contributed by atoms with Crippen molar-refractivity contribution in [1.29, 1.82) is 0 Å². The van der Waals surface area contributed by atoms with Gasteiger partial charge in [0, 0.05) is 24.8 Å². The number of nitrogens with one attached hydrogen (secondary N) is 1. The molecule has 0 unspecified atom stereocenters. The van der Waals surface area contributed by atoms with Crippen LogP contribution in [0.3, 0.4) is 0 Å². The molecule has 0 saturated carbocycles. The van der Waals surface area contributed by atoms with Crippen molar-refractivity contribution in [1.82, 2.24) is 4.98 Å². The number of carbonyl (C=O) groups is 1. The van der Waals surface area contributed by atoms with Gasteiger partial charge in [0.05, 0.1) is 17.2 Å². The van der Waals surface area contributed by atoms with Crippen molar-refractivity contribution in [2.45, 2.75) is 38.2 Å². The van der Waals surface area contributed by atoms with Gasteiger partial charge in [-0.15, -0.1) is 0 Å². The molecule has 1 amide bonds. The molecule has 2 heterocycles. The van der Waals surface area contributed by atoms with Crippen LogP contribution in [-0.2, 0) is 14.9 Å². The Morgan fingerprint density at radius 3 is 2.55 bits per heavy atom. The van der Waals surface area contributed by atoms with E-state index in [1.807, 2.05) is 68.4 Å². The van der Waals surface area contributed by atoms with Gasteiger partial charge in [-0.05, 0) is 56.5 Å². The molecule has 0 bridgehead atoms. The predicted octanol–water partition coefficient (Wildman–Crippen LogP) is 4.71. The Kier molecular flexibility index (Phi) is 5.49. The zero-order valence-electron chi connectivity index (χ0n) is 16.9. The third-order valence-corrected chi connectivity index (χ3v) is 5.45. The van der Waals surface area contributed by atoms with Crippen LogP contribution in [0.5, 0.6) is 5.75 Å². The molecule has 5 heteroatoms. The lowest BCUT2D eigenvalue weighted by Gasteiger charge is -2.36. The average molecular weight is 390 g/mol. The highest BCUT2D eigenvalue weighted by molar-refractivity contribution is 6.06. The molecule has 150 valence electrons. The van der Waals surface area contributed by atoms with E-state index in [1.54, 1.807) is 6.20 Å². The molecule has 1 aliphatic rings. The average Bonchev–Trinajstić information content (AvgIpc) is 2.76. The largest absolute Gasteiger partial charge is 0.489 e. The van der Waals surface area contributed by atoms with Gasteiger partial charge in [0.2, 0.25) is 5.91 Å². The van der Waals surface area contributed by atoms with Crippen LogP contribution in [-0.4, -0.2) is 30.2 Å². The fourth-order valence-electron chi connectivity index (χ4n) is 3.97. The lowest BCUT2D eigenvalue weighted by atomic mass is 9.73. The van der Waals surface area contributed by atoms with E-state index in [2.05, 4.69) is 10.3 Å². The fourth-order valence-corrected chi connectivity index (χ4v) is 3.97. The van der Waals surface area contributed by atoms with E-state index in [0.717, 1.165) is 27.9 Å². The molecule has 29 heavy (non-hydrogen) atoms. The number of anilines is 1. The first-order valence-electron chi connectivity index (χ1n) is 10.1. The van der Waals surface area contributed by atoms with E-state index in [0.29, 0.717) is 26.1 Å². The number of hydrogen-bond donors (Lipinski definition) is 1. The molecule has 0 aliphatic carbocycles. The SMILES string of the molecule is CC(C)Oc1ccc(NC(=O)C2(c3ccccc3)CCOCC2)c2cccnc12. The van der Waals surface area contributed by atoms with Crippen LogP contribution >= 0.6 is 0 Å². The summed E-state index contributed by atoms with van der Waals surface area (Å²) in [7, 11) is 0. The minimum Gasteiger partial charge on any atom is -0.489 e. The summed E-state index contributed by atoms with van der Waals surface area (Å²) in [6.45, 7) is 5.12.